The summed E-state index contributed by atoms with van der Waals surface area (Å²) in [6.07, 6.45) is 5.37. The fourth-order valence-electron chi connectivity index (χ4n) is 4.17. The Kier molecular flexibility index (Phi) is 5.32. The highest BCUT2D eigenvalue weighted by Gasteiger charge is 2.36. The Labute approximate surface area is 169 Å². The van der Waals surface area contributed by atoms with Crippen molar-refractivity contribution in [1.82, 2.24) is 19.6 Å². The van der Waals surface area contributed by atoms with Crippen molar-refractivity contribution in [1.29, 1.82) is 5.26 Å². The molecule has 150 valence electrons. The summed E-state index contributed by atoms with van der Waals surface area (Å²) in [5.41, 5.74) is 1.68. The number of carbonyl (C=O) groups excluding carboxylic acids is 2. The lowest BCUT2D eigenvalue weighted by Gasteiger charge is -2.42. The van der Waals surface area contributed by atoms with E-state index in [1.807, 2.05) is 18.1 Å². The van der Waals surface area contributed by atoms with Gasteiger partial charge in [-0.15, -0.1) is 0 Å². The minimum atomic E-state index is -0.160. The SMILES string of the molecule is Cn1cc(N2CCC[C@@H](N3CCN(C(=O)c4ccccc4C#N)CC3)C2=O)cn1. The molecule has 8 heteroatoms. The van der Waals surface area contributed by atoms with Crippen LogP contribution in [0.5, 0.6) is 0 Å². The largest absolute Gasteiger partial charge is 0.336 e. The van der Waals surface area contributed by atoms with E-state index in [0.717, 1.165) is 18.5 Å². The highest BCUT2D eigenvalue weighted by atomic mass is 16.2. The maximum absolute atomic E-state index is 13.1. The minimum Gasteiger partial charge on any atom is -0.336 e. The molecule has 2 saturated heterocycles. The van der Waals surface area contributed by atoms with Gasteiger partial charge in [-0.2, -0.15) is 10.4 Å². The van der Waals surface area contributed by atoms with Crippen LogP contribution in [0.1, 0.15) is 28.8 Å². The number of aryl methyl sites for hydroxylation is 1. The Morgan fingerprint density at radius 3 is 2.62 bits per heavy atom. The first-order valence-corrected chi connectivity index (χ1v) is 9.91. The molecule has 8 nitrogen and oxygen atoms in total. The third kappa shape index (κ3) is 3.74. The number of amides is 2. The number of piperidine rings is 1. The lowest BCUT2D eigenvalue weighted by atomic mass is 10.0. The number of benzene rings is 1. The first-order valence-electron chi connectivity index (χ1n) is 9.91. The average molecular weight is 392 g/mol. The number of hydrogen-bond acceptors (Lipinski definition) is 5. The number of rotatable bonds is 3. The van der Waals surface area contributed by atoms with Gasteiger partial charge in [-0.25, -0.2) is 0 Å². The van der Waals surface area contributed by atoms with Gasteiger partial charge in [0.05, 0.1) is 35.1 Å². The summed E-state index contributed by atoms with van der Waals surface area (Å²) in [7, 11) is 1.84. The number of nitrogens with zero attached hydrogens (tertiary/aromatic N) is 6. The zero-order chi connectivity index (χ0) is 20.4. The third-order valence-corrected chi connectivity index (χ3v) is 5.73. The van der Waals surface area contributed by atoms with Crippen molar-refractivity contribution in [2.45, 2.75) is 18.9 Å². The molecule has 0 saturated carbocycles. The Morgan fingerprint density at radius 1 is 1.17 bits per heavy atom. The Bertz CT molecular complexity index is 954. The van der Waals surface area contributed by atoms with Crippen LogP contribution < -0.4 is 4.90 Å². The molecule has 0 spiro atoms. The summed E-state index contributed by atoms with van der Waals surface area (Å²) in [5, 5.41) is 13.4. The topological polar surface area (TPSA) is 85.5 Å². The predicted octanol–water partition coefficient (Wildman–Crippen LogP) is 1.25. The summed E-state index contributed by atoms with van der Waals surface area (Å²) in [5.74, 6) is -0.00684. The smallest absolute Gasteiger partial charge is 0.255 e. The van der Waals surface area contributed by atoms with Gasteiger partial charge in [-0.05, 0) is 25.0 Å². The zero-order valence-corrected chi connectivity index (χ0v) is 16.5. The van der Waals surface area contributed by atoms with E-state index >= 15 is 0 Å². The summed E-state index contributed by atoms with van der Waals surface area (Å²) in [6.45, 7) is 3.12. The molecule has 29 heavy (non-hydrogen) atoms. The molecule has 2 aromatic rings. The van der Waals surface area contributed by atoms with Gasteiger partial charge in [0.2, 0.25) is 5.91 Å². The zero-order valence-electron chi connectivity index (χ0n) is 16.5. The van der Waals surface area contributed by atoms with Gasteiger partial charge < -0.3 is 9.80 Å². The van der Waals surface area contributed by atoms with Crippen molar-refractivity contribution in [3.05, 3.63) is 47.8 Å². The van der Waals surface area contributed by atoms with Gasteiger partial charge in [0.15, 0.2) is 0 Å². The van der Waals surface area contributed by atoms with Gasteiger partial charge in [-0.3, -0.25) is 19.2 Å². The lowest BCUT2D eigenvalue weighted by Crippen LogP contribution is -2.58. The number of aromatic nitrogens is 2. The minimum absolute atomic E-state index is 0.110. The van der Waals surface area contributed by atoms with Crippen molar-refractivity contribution in [3.63, 3.8) is 0 Å². The Balaban J connectivity index is 1.41. The van der Waals surface area contributed by atoms with Crippen LogP contribution >= 0.6 is 0 Å². The summed E-state index contributed by atoms with van der Waals surface area (Å²) in [4.78, 5) is 31.7. The van der Waals surface area contributed by atoms with Crippen molar-refractivity contribution in [3.8, 4) is 6.07 Å². The van der Waals surface area contributed by atoms with Gasteiger partial charge >= 0.3 is 0 Å². The van der Waals surface area contributed by atoms with Gasteiger partial charge in [0.1, 0.15) is 0 Å². The summed E-state index contributed by atoms with van der Waals surface area (Å²) in [6, 6.07) is 8.83. The monoisotopic (exact) mass is 392 g/mol. The van der Waals surface area contributed by atoms with Crippen LogP contribution in [0.15, 0.2) is 36.7 Å². The van der Waals surface area contributed by atoms with E-state index in [-0.39, 0.29) is 17.9 Å². The third-order valence-electron chi connectivity index (χ3n) is 5.73. The van der Waals surface area contributed by atoms with Gasteiger partial charge in [0, 0.05) is 46.0 Å². The van der Waals surface area contributed by atoms with E-state index in [1.54, 1.807) is 40.0 Å². The normalized spacial score (nSPS) is 20.6. The second-order valence-corrected chi connectivity index (χ2v) is 7.51. The van der Waals surface area contributed by atoms with E-state index in [9.17, 15) is 14.9 Å². The molecule has 1 aromatic heterocycles. The van der Waals surface area contributed by atoms with Crippen LogP contribution in [0.25, 0.3) is 0 Å². The molecular weight excluding hydrogens is 368 g/mol. The number of carbonyl (C=O) groups is 2. The first-order chi connectivity index (χ1) is 14.1. The summed E-state index contributed by atoms with van der Waals surface area (Å²) < 4.78 is 1.70. The standard InChI is InChI=1S/C21H24N6O2/c1-24-15-17(14-23-24)27-8-4-7-19(21(27)29)25-9-11-26(12-10-25)20(28)18-6-3-2-5-16(18)13-22/h2-3,5-6,14-15,19H,4,7-12H2,1H3/t19-/m1/s1. The van der Waals surface area contributed by atoms with E-state index in [1.165, 1.54) is 0 Å². The molecule has 0 unspecified atom stereocenters. The highest BCUT2D eigenvalue weighted by Crippen LogP contribution is 2.24. The van der Waals surface area contributed by atoms with Crippen molar-refractivity contribution >= 4 is 17.5 Å². The van der Waals surface area contributed by atoms with Crippen LogP contribution in [-0.4, -0.2) is 70.2 Å². The van der Waals surface area contributed by atoms with Crippen LogP contribution in [0.2, 0.25) is 0 Å². The number of nitriles is 1. The molecule has 2 aliphatic heterocycles. The second-order valence-electron chi connectivity index (χ2n) is 7.51. The van der Waals surface area contributed by atoms with E-state index < -0.39 is 0 Å². The highest BCUT2D eigenvalue weighted by molar-refractivity contribution is 5.98. The fraction of sp³-hybridized carbons (Fsp3) is 0.429. The molecule has 3 heterocycles. The molecule has 0 N–H and O–H groups in total. The molecule has 2 fully saturated rings. The van der Waals surface area contributed by atoms with Crippen molar-refractivity contribution in [2.24, 2.45) is 7.05 Å². The average Bonchev–Trinajstić information content (AvgIpc) is 3.19. The van der Waals surface area contributed by atoms with Gasteiger partial charge in [-0.1, -0.05) is 12.1 Å². The molecule has 0 radical (unpaired) electrons. The molecule has 1 aromatic carbocycles. The Morgan fingerprint density at radius 2 is 1.93 bits per heavy atom. The molecule has 4 rings (SSSR count). The fourth-order valence-corrected chi connectivity index (χ4v) is 4.17. The maximum Gasteiger partial charge on any atom is 0.255 e. The van der Waals surface area contributed by atoms with Crippen molar-refractivity contribution in [2.75, 3.05) is 37.6 Å². The number of hydrogen-bond donors (Lipinski definition) is 0. The molecule has 1 atom stereocenters. The Hall–Kier alpha value is -3.18. The quantitative estimate of drug-likeness (QED) is 0.785. The van der Waals surface area contributed by atoms with E-state index in [2.05, 4.69) is 16.1 Å². The molecule has 2 aliphatic rings. The van der Waals surface area contributed by atoms with Gasteiger partial charge in [0.25, 0.3) is 5.91 Å². The first kappa shape index (κ1) is 19.2. The maximum atomic E-state index is 13.1. The molecule has 0 aliphatic carbocycles. The summed E-state index contributed by atoms with van der Waals surface area (Å²) >= 11 is 0. The number of piperazine rings is 1. The second kappa shape index (κ2) is 8.05. The van der Waals surface area contributed by atoms with Crippen LogP contribution in [0.4, 0.5) is 5.69 Å². The molecule has 2 amide bonds. The van der Waals surface area contributed by atoms with Crippen molar-refractivity contribution < 1.29 is 9.59 Å². The van der Waals surface area contributed by atoms with Crippen LogP contribution in [0.3, 0.4) is 0 Å². The molecular formula is C21H24N6O2. The van der Waals surface area contributed by atoms with E-state index in [4.69, 9.17) is 0 Å². The predicted molar refractivity (Wildman–Crippen MR) is 107 cm³/mol. The van der Waals surface area contributed by atoms with E-state index in [0.29, 0.717) is 43.9 Å². The van der Waals surface area contributed by atoms with Crippen LogP contribution in [0, 0.1) is 11.3 Å². The molecule has 0 bridgehead atoms. The lowest BCUT2D eigenvalue weighted by molar-refractivity contribution is -0.126. The van der Waals surface area contributed by atoms with Crippen LogP contribution in [-0.2, 0) is 11.8 Å². The number of anilines is 1.